The lowest BCUT2D eigenvalue weighted by Crippen LogP contribution is -2.29. The molecule has 1 fully saturated rings. The highest BCUT2D eigenvalue weighted by Gasteiger charge is 2.46. The Kier molecular flexibility index (Phi) is 6.50. The number of ether oxygens (including phenoxy) is 1. The van der Waals surface area contributed by atoms with Crippen LogP contribution in [0.15, 0.2) is 66.2 Å². The summed E-state index contributed by atoms with van der Waals surface area (Å²) in [6, 6.07) is 13.2. The molecule has 0 aliphatic carbocycles. The fraction of sp³-hybridized carbons (Fsp3) is 0.120. The van der Waals surface area contributed by atoms with Gasteiger partial charge in [0, 0.05) is 12.1 Å². The van der Waals surface area contributed by atoms with Gasteiger partial charge in [0.05, 0.1) is 28.8 Å². The molecule has 1 saturated heterocycles. The van der Waals surface area contributed by atoms with Crippen molar-refractivity contribution in [3.05, 3.63) is 98.8 Å². The van der Waals surface area contributed by atoms with Gasteiger partial charge in [0.15, 0.2) is 0 Å². The standard InChI is InChI=1S/C25H18Cl2FNO5/c1-34-20-9-5-15(11-18(20)27)23(31)21-22(14-4-8-19(30)17(26)10-14)29(25(33)24(21)32)12-13-2-6-16(28)7-3-13/h2-11,22,30-31H,12H2,1H3/b23-21-. The topological polar surface area (TPSA) is 87.1 Å². The lowest BCUT2D eigenvalue weighted by Gasteiger charge is -2.25. The van der Waals surface area contributed by atoms with Crippen molar-refractivity contribution in [2.45, 2.75) is 12.6 Å². The van der Waals surface area contributed by atoms with Gasteiger partial charge in [-0.2, -0.15) is 0 Å². The van der Waals surface area contributed by atoms with Gasteiger partial charge in [-0.15, -0.1) is 0 Å². The number of phenolic OH excluding ortho intramolecular Hbond substituents is 1. The molecule has 3 aromatic carbocycles. The van der Waals surface area contributed by atoms with Crippen LogP contribution in [-0.2, 0) is 16.1 Å². The van der Waals surface area contributed by atoms with Gasteiger partial charge in [-0.25, -0.2) is 4.39 Å². The third kappa shape index (κ3) is 4.32. The Labute approximate surface area is 204 Å². The SMILES string of the molecule is COc1ccc(/C(O)=C2/C(=O)C(=O)N(Cc3ccc(F)cc3)C2c2ccc(O)c(Cl)c2)cc1Cl. The smallest absolute Gasteiger partial charge is 0.295 e. The number of carbonyl (C=O) groups is 2. The highest BCUT2D eigenvalue weighted by Crippen LogP contribution is 2.42. The molecular weight excluding hydrogens is 484 g/mol. The molecule has 1 amide bonds. The predicted octanol–water partition coefficient (Wildman–Crippen LogP) is 5.47. The molecule has 174 valence electrons. The van der Waals surface area contributed by atoms with Gasteiger partial charge >= 0.3 is 0 Å². The first-order valence-electron chi connectivity index (χ1n) is 10.1. The number of nitrogens with zero attached hydrogens (tertiary/aromatic N) is 1. The van der Waals surface area contributed by atoms with E-state index in [4.69, 9.17) is 27.9 Å². The van der Waals surface area contributed by atoms with Crippen molar-refractivity contribution in [2.24, 2.45) is 0 Å². The quantitative estimate of drug-likeness (QED) is 0.275. The lowest BCUT2D eigenvalue weighted by molar-refractivity contribution is -0.140. The summed E-state index contributed by atoms with van der Waals surface area (Å²) in [7, 11) is 1.44. The van der Waals surface area contributed by atoms with E-state index in [2.05, 4.69) is 0 Å². The monoisotopic (exact) mass is 501 g/mol. The molecular formula is C25H18Cl2FNO5. The Balaban J connectivity index is 1.87. The first-order chi connectivity index (χ1) is 16.2. The Bertz CT molecular complexity index is 1320. The molecule has 3 aromatic rings. The van der Waals surface area contributed by atoms with Crippen molar-refractivity contribution in [1.82, 2.24) is 4.90 Å². The molecule has 4 rings (SSSR count). The van der Waals surface area contributed by atoms with Crippen LogP contribution in [0.3, 0.4) is 0 Å². The van der Waals surface area contributed by atoms with E-state index in [1.807, 2.05) is 0 Å². The van der Waals surface area contributed by atoms with Crippen LogP contribution in [-0.4, -0.2) is 33.9 Å². The number of likely N-dealkylation sites (tertiary alicyclic amines) is 1. The number of Topliss-reactive ketones (excluding diaryl/α,β-unsaturated/α-hetero) is 1. The molecule has 1 aliphatic heterocycles. The van der Waals surface area contributed by atoms with Crippen LogP contribution in [0.5, 0.6) is 11.5 Å². The fourth-order valence-corrected chi connectivity index (χ4v) is 4.29. The van der Waals surface area contributed by atoms with Gasteiger partial charge < -0.3 is 19.8 Å². The van der Waals surface area contributed by atoms with E-state index in [-0.39, 0.29) is 33.5 Å². The summed E-state index contributed by atoms with van der Waals surface area (Å²) < 4.78 is 18.5. The molecule has 0 saturated carbocycles. The summed E-state index contributed by atoms with van der Waals surface area (Å²) in [6.07, 6.45) is 0. The number of hydrogen-bond donors (Lipinski definition) is 2. The Hall–Kier alpha value is -3.55. The Morgan fingerprint density at radius 1 is 1.03 bits per heavy atom. The number of halogens is 3. The van der Waals surface area contributed by atoms with E-state index >= 15 is 0 Å². The summed E-state index contributed by atoms with van der Waals surface area (Å²) >= 11 is 12.3. The first kappa shape index (κ1) is 23.6. The minimum Gasteiger partial charge on any atom is -0.507 e. The van der Waals surface area contributed by atoms with Gasteiger partial charge in [-0.1, -0.05) is 41.4 Å². The predicted molar refractivity (Wildman–Crippen MR) is 125 cm³/mol. The molecule has 1 unspecified atom stereocenters. The van der Waals surface area contributed by atoms with Gasteiger partial charge in [0.2, 0.25) is 0 Å². The molecule has 2 N–H and O–H groups in total. The van der Waals surface area contributed by atoms with Gasteiger partial charge in [0.1, 0.15) is 23.1 Å². The summed E-state index contributed by atoms with van der Waals surface area (Å²) in [4.78, 5) is 27.4. The molecule has 0 radical (unpaired) electrons. The molecule has 0 aromatic heterocycles. The second-order valence-electron chi connectivity index (χ2n) is 7.61. The largest absolute Gasteiger partial charge is 0.507 e. The van der Waals surface area contributed by atoms with E-state index in [1.54, 1.807) is 0 Å². The molecule has 34 heavy (non-hydrogen) atoms. The third-order valence-corrected chi connectivity index (χ3v) is 6.12. The number of methoxy groups -OCH3 is 1. The van der Waals surface area contributed by atoms with Gasteiger partial charge in [-0.05, 0) is 53.6 Å². The van der Waals surface area contributed by atoms with E-state index in [0.29, 0.717) is 16.9 Å². The van der Waals surface area contributed by atoms with Crippen LogP contribution in [0, 0.1) is 5.82 Å². The summed E-state index contributed by atoms with van der Waals surface area (Å²) in [5.74, 6) is -2.43. The van der Waals surface area contributed by atoms with E-state index in [9.17, 15) is 24.2 Å². The second kappa shape index (κ2) is 9.37. The molecule has 0 bridgehead atoms. The minimum atomic E-state index is -1.02. The van der Waals surface area contributed by atoms with Gasteiger partial charge in [-0.3, -0.25) is 9.59 Å². The zero-order valence-electron chi connectivity index (χ0n) is 17.8. The van der Waals surface area contributed by atoms with Crippen molar-refractivity contribution in [3.63, 3.8) is 0 Å². The summed E-state index contributed by atoms with van der Waals surface area (Å²) in [5, 5.41) is 21.2. The maximum atomic E-state index is 13.4. The third-order valence-electron chi connectivity index (χ3n) is 5.52. The molecule has 1 aliphatic rings. The highest BCUT2D eigenvalue weighted by molar-refractivity contribution is 6.46. The first-order valence-corrected chi connectivity index (χ1v) is 10.8. The average molecular weight is 502 g/mol. The average Bonchev–Trinajstić information content (AvgIpc) is 3.06. The number of aliphatic hydroxyl groups excluding tert-OH is 1. The van der Waals surface area contributed by atoms with Crippen LogP contribution >= 0.6 is 23.2 Å². The number of hydrogen-bond acceptors (Lipinski definition) is 5. The molecule has 6 nitrogen and oxygen atoms in total. The zero-order valence-corrected chi connectivity index (χ0v) is 19.3. The zero-order chi connectivity index (χ0) is 24.6. The number of aromatic hydroxyl groups is 1. The number of ketones is 1. The molecule has 0 spiro atoms. The van der Waals surface area contributed by atoms with Crippen LogP contribution in [0.2, 0.25) is 10.0 Å². The Morgan fingerprint density at radius 2 is 1.74 bits per heavy atom. The fourth-order valence-electron chi connectivity index (χ4n) is 3.84. The Morgan fingerprint density at radius 3 is 2.35 bits per heavy atom. The normalized spacial score (nSPS) is 17.3. The highest BCUT2D eigenvalue weighted by atomic mass is 35.5. The number of aliphatic hydroxyl groups is 1. The van der Waals surface area contributed by atoms with Crippen LogP contribution < -0.4 is 4.74 Å². The maximum absolute atomic E-state index is 13.4. The van der Waals surface area contributed by atoms with E-state index < -0.39 is 29.3 Å². The summed E-state index contributed by atoms with van der Waals surface area (Å²) in [6.45, 7) is -0.0336. The number of benzene rings is 3. The van der Waals surface area contributed by atoms with Crippen LogP contribution in [0.1, 0.15) is 22.7 Å². The van der Waals surface area contributed by atoms with Crippen LogP contribution in [0.25, 0.3) is 5.76 Å². The molecule has 1 heterocycles. The number of rotatable bonds is 5. The number of carbonyl (C=O) groups excluding carboxylic acids is 2. The van der Waals surface area contributed by atoms with Crippen LogP contribution in [0.4, 0.5) is 4.39 Å². The van der Waals surface area contributed by atoms with Crippen molar-refractivity contribution in [2.75, 3.05) is 7.11 Å². The maximum Gasteiger partial charge on any atom is 0.295 e. The lowest BCUT2D eigenvalue weighted by atomic mass is 9.95. The van der Waals surface area contributed by atoms with Crippen molar-refractivity contribution in [1.29, 1.82) is 0 Å². The number of phenols is 1. The second-order valence-corrected chi connectivity index (χ2v) is 8.43. The molecule has 9 heteroatoms. The van der Waals surface area contributed by atoms with Crippen molar-refractivity contribution in [3.8, 4) is 11.5 Å². The van der Waals surface area contributed by atoms with E-state index in [0.717, 1.165) is 0 Å². The minimum absolute atomic E-state index is 0.0114. The summed E-state index contributed by atoms with van der Waals surface area (Å²) in [5.41, 5.74) is 1.01. The van der Waals surface area contributed by atoms with Crippen molar-refractivity contribution >= 4 is 40.7 Å². The van der Waals surface area contributed by atoms with E-state index in [1.165, 1.54) is 72.7 Å². The van der Waals surface area contributed by atoms with Gasteiger partial charge in [0.25, 0.3) is 11.7 Å². The molecule has 1 atom stereocenters. The number of amides is 1. The van der Waals surface area contributed by atoms with Crippen molar-refractivity contribution < 1.29 is 28.9 Å².